The Kier molecular flexibility index (Phi) is 2.22. The molecule has 0 radical (unpaired) electrons. The first kappa shape index (κ1) is 8.55. The first-order chi connectivity index (χ1) is 6.27. The van der Waals surface area contributed by atoms with E-state index in [0.717, 1.165) is 14.8 Å². The van der Waals surface area contributed by atoms with Crippen molar-refractivity contribution in [2.75, 3.05) is 0 Å². The normalized spacial score (nSPS) is 10.2. The fourth-order valence-corrected chi connectivity index (χ4v) is 1.77. The molecule has 1 N–H and O–H groups in total. The smallest absolute Gasteiger partial charge is 0.339 e. The van der Waals surface area contributed by atoms with Gasteiger partial charge < -0.3 is 4.52 Å². The Morgan fingerprint density at radius 2 is 2.08 bits per heavy atom. The molecule has 1 heterocycles. The first-order valence-electron chi connectivity index (χ1n) is 3.71. The molecule has 0 aliphatic heterocycles. The maximum Gasteiger partial charge on any atom is 0.357 e. The number of aromatic nitrogens is 1. The molecule has 0 atom stereocenters. The van der Waals surface area contributed by atoms with Crippen molar-refractivity contribution in [3.05, 3.63) is 44.3 Å². The molecule has 0 bridgehead atoms. The number of rotatable bonds is 1. The summed E-state index contributed by atoms with van der Waals surface area (Å²) in [7, 11) is 0. The largest absolute Gasteiger partial charge is 0.357 e. The van der Waals surface area contributed by atoms with Gasteiger partial charge in [0.15, 0.2) is 0 Å². The van der Waals surface area contributed by atoms with Gasteiger partial charge in [0.25, 0.3) is 0 Å². The third-order valence-electron chi connectivity index (χ3n) is 1.69. The quantitative estimate of drug-likeness (QED) is 0.818. The van der Waals surface area contributed by atoms with Gasteiger partial charge in [0, 0.05) is 9.13 Å². The van der Waals surface area contributed by atoms with Gasteiger partial charge >= 0.3 is 5.63 Å². The van der Waals surface area contributed by atoms with E-state index in [-0.39, 0.29) is 5.63 Å². The topological polar surface area (TPSA) is 46.0 Å². The number of aromatic amines is 1. The van der Waals surface area contributed by atoms with Gasteiger partial charge in [-0.05, 0) is 28.7 Å². The molecular formula is C9H6INO2. The van der Waals surface area contributed by atoms with Crippen LogP contribution in [0.15, 0.2) is 39.6 Å². The van der Waals surface area contributed by atoms with Gasteiger partial charge in [0.2, 0.25) is 0 Å². The lowest BCUT2D eigenvalue weighted by molar-refractivity contribution is 0.394. The lowest BCUT2D eigenvalue weighted by Crippen LogP contribution is -1.86. The molecule has 0 fully saturated rings. The molecule has 1 aromatic carbocycles. The molecule has 4 heteroatoms. The van der Waals surface area contributed by atoms with E-state index in [9.17, 15) is 4.79 Å². The molecule has 1 aromatic heterocycles. The van der Waals surface area contributed by atoms with Crippen LogP contribution in [0.4, 0.5) is 0 Å². The van der Waals surface area contributed by atoms with Crippen LogP contribution in [0.2, 0.25) is 0 Å². The molecule has 0 unspecified atom stereocenters. The van der Waals surface area contributed by atoms with Crippen LogP contribution in [0.3, 0.4) is 0 Å². The fourth-order valence-electron chi connectivity index (χ4n) is 1.09. The van der Waals surface area contributed by atoms with Crippen molar-refractivity contribution in [3.63, 3.8) is 0 Å². The number of nitrogens with one attached hydrogen (secondary N) is 1. The van der Waals surface area contributed by atoms with Crippen LogP contribution in [0.1, 0.15) is 0 Å². The van der Waals surface area contributed by atoms with E-state index in [4.69, 9.17) is 0 Å². The van der Waals surface area contributed by atoms with E-state index >= 15 is 0 Å². The van der Waals surface area contributed by atoms with Gasteiger partial charge in [0.05, 0.1) is 11.8 Å². The second-order valence-electron chi connectivity index (χ2n) is 2.56. The Bertz CT molecular complexity index is 472. The highest BCUT2D eigenvalue weighted by Gasteiger charge is 2.04. The summed E-state index contributed by atoms with van der Waals surface area (Å²) in [6.07, 6.45) is 0. The van der Waals surface area contributed by atoms with Crippen LogP contribution in [0.5, 0.6) is 0 Å². The molecule has 3 nitrogen and oxygen atoms in total. The number of hydrogen-bond acceptors (Lipinski definition) is 2. The van der Waals surface area contributed by atoms with E-state index in [2.05, 4.69) is 32.3 Å². The van der Waals surface area contributed by atoms with Crippen molar-refractivity contribution in [2.45, 2.75) is 0 Å². The third-order valence-corrected chi connectivity index (χ3v) is 2.63. The molecule has 0 saturated heterocycles. The van der Waals surface area contributed by atoms with Crippen LogP contribution in [-0.4, -0.2) is 5.16 Å². The van der Waals surface area contributed by atoms with Crippen LogP contribution < -0.4 is 5.63 Å². The zero-order valence-electron chi connectivity index (χ0n) is 6.58. The van der Waals surface area contributed by atoms with E-state index in [0.29, 0.717) is 0 Å². The monoisotopic (exact) mass is 287 g/mol. The summed E-state index contributed by atoms with van der Waals surface area (Å²) in [6.45, 7) is 0. The minimum atomic E-state index is -0.352. The zero-order valence-corrected chi connectivity index (χ0v) is 8.74. The maximum absolute atomic E-state index is 10.8. The average Bonchev–Trinajstić information content (AvgIpc) is 2.53. The molecule has 2 aromatic rings. The van der Waals surface area contributed by atoms with Crippen molar-refractivity contribution in [2.24, 2.45) is 0 Å². The zero-order chi connectivity index (χ0) is 9.26. The van der Waals surface area contributed by atoms with Gasteiger partial charge in [0.1, 0.15) is 0 Å². The Labute approximate surface area is 87.9 Å². The highest BCUT2D eigenvalue weighted by atomic mass is 127. The third kappa shape index (κ3) is 1.67. The first-order valence-corrected chi connectivity index (χ1v) is 4.78. The lowest BCUT2D eigenvalue weighted by atomic mass is 10.2. The molecule has 0 aliphatic rings. The fraction of sp³-hybridized carbons (Fsp3) is 0. The van der Waals surface area contributed by atoms with Gasteiger partial charge in [-0.25, -0.2) is 9.95 Å². The molecule has 0 spiro atoms. The number of hydrogen-bond donors (Lipinski definition) is 1. The van der Waals surface area contributed by atoms with Crippen LogP contribution in [0, 0.1) is 3.57 Å². The Balaban J connectivity index is 2.58. The molecular weight excluding hydrogens is 281 g/mol. The summed E-state index contributed by atoms with van der Waals surface area (Å²) in [5, 5.41) is 2.57. The molecule has 2 rings (SSSR count). The summed E-state index contributed by atoms with van der Waals surface area (Å²) in [4.78, 5) is 10.8. The maximum atomic E-state index is 10.8. The van der Waals surface area contributed by atoms with E-state index in [1.807, 2.05) is 24.3 Å². The molecule has 0 amide bonds. The van der Waals surface area contributed by atoms with E-state index in [1.54, 1.807) is 0 Å². The standard InChI is InChI=1S/C9H6INO2/c10-7-4-2-1-3-6(7)8-5-9(12)13-11-8/h1-5,11H. The predicted molar refractivity (Wildman–Crippen MR) is 57.5 cm³/mol. The van der Waals surface area contributed by atoms with Crippen molar-refractivity contribution in [3.8, 4) is 11.3 Å². The Morgan fingerprint density at radius 1 is 1.31 bits per heavy atom. The minimum absolute atomic E-state index is 0.352. The average molecular weight is 287 g/mol. The van der Waals surface area contributed by atoms with Crippen molar-refractivity contribution < 1.29 is 4.52 Å². The van der Waals surface area contributed by atoms with Crippen molar-refractivity contribution >= 4 is 22.6 Å². The SMILES string of the molecule is O=c1cc(-c2ccccc2I)[nH]o1. The van der Waals surface area contributed by atoms with E-state index < -0.39 is 0 Å². The molecule has 66 valence electrons. The highest BCUT2D eigenvalue weighted by Crippen LogP contribution is 2.21. The van der Waals surface area contributed by atoms with Crippen LogP contribution in [-0.2, 0) is 0 Å². The summed E-state index contributed by atoms with van der Waals surface area (Å²) in [5.74, 6) is 0. The minimum Gasteiger partial charge on any atom is -0.339 e. The van der Waals surface area contributed by atoms with Gasteiger partial charge in [-0.3, -0.25) is 0 Å². The highest BCUT2D eigenvalue weighted by molar-refractivity contribution is 14.1. The van der Waals surface area contributed by atoms with Crippen molar-refractivity contribution in [1.29, 1.82) is 0 Å². The number of H-pyrrole nitrogens is 1. The van der Waals surface area contributed by atoms with E-state index in [1.165, 1.54) is 6.07 Å². The number of benzene rings is 1. The Morgan fingerprint density at radius 3 is 2.69 bits per heavy atom. The van der Waals surface area contributed by atoms with Gasteiger partial charge in [-0.15, -0.1) is 0 Å². The second kappa shape index (κ2) is 3.37. The predicted octanol–water partition coefficient (Wildman–Crippen LogP) is 2.24. The molecule has 0 aliphatic carbocycles. The van der Waals surface area contributed by atoms with Gasteiger partial charge in [-0.1, -0.05) is 18.2 Å². The summed E-state index contributed by atoms with van der Waals surface area (Å²) in [6, 6.07) is 9.22. The summed E-state index contributed by atoms with van der Waals surface area (Å²) in [5.41, 5.74) is 1.35. The van der Waals surface area contributed by atoms with Crippen LogP contribution >= 0.6 is 22.6 Å². The van der Waals surface area contributed by atoms with Crippen LogP contribution in [0.25, 0.3) is 11.3 Å². The van der Waals surface area contributed by atoms with Gasteiger partial charge in [-0.2, -0.15) is 0 Å². The molecule has 0 saturated carbocycles. The Hall–Kier alpha value is -1.04. The summed E-state index contributed by atoms with van der Waals surface area (Å²) >= 11 is 2.21. The second-order valence-corrected chi connectivity index (χ2v) is 3.72. The number of halogens is 1. The summed E-state index contributed by atoms with van der Waals surface area (Å²) < 4.78 is 5.67. The molecule has 13 heavy (non-hydrogen) atoms. The van der Waals surface area contributed by atoms with Crippen molar-refractivity contribution in [1.82, 2.24) is 5.16 Å². The lowest BCUT2D eigenvalue weighted by Gasteiger charge is -1.98.